The zero-order valence-electron chi connectivity index (χ0n) is 12.3. The van der Waals surface area contributed by atoms with Crippen LogP contribution in [0.1, 0.15) is 19.4 Å². The van der Waals surface area contributed by atoms with Gasteiger partial charge in [-0.2, -0.15) is 0 Å². The van der Waals surface area contributed by atoms with Gasteiger partial charge in [0.2, 0.25) is 0 Å². The molecule has 0 aliphatic carbocycles. The van der Waals surface area contributed by atoms with Crippen molar-refractivity contribution < 1.29 is 4.39 Å². The van der Waals surface area contributed by atoms with Crippen LogP contribution in [0.25, 0.3) is 0 Å². The van der Waals surface area contributed by atoms with Crippen LogP contribution >= 0.6 is 11.6 Å². The monoisotopic (exact) mass is 306 g/mol. The van der Waals surface area contributed by atoms with Crippen molar-refractivity contribution in [3.05, 3.63) is 58.9 Å². The molecule has 1 unspecified atom stereocenters. The number of hydrogen-bond acceptors (Lipinski definition) is 2. The van der Waals surface area contributed by atoms with Gasteiger partial charge in [-0.25, -0.2) is 4.39 Å². The molecular weight excluding hydrogens is 287 g/mol. The molecule has 2 nitrogen and oxygen atoms in total. The minimum absolute atomic E-state index is 0.0576. The van der Waals surface area contributed by atoms with Crippen LogP contribution in [0.2, 0.25) is 5.02 Å². The van der Waals surface area contributed by atoms with E-state index in [1.165, 1.54) is 6.07 Å². The molecule has 0 saturated heterocycles. The maximum atomic E-state index is 14.0. The number of hydrogen-bond donors (Lipinski definition) is 1. The second-order valence-corrected chi connectivity index (χ2v) is 5.56. The van der Waals surface area contributed by atoms with Gasteiger partial charge in [0.05, 0.1) is 5.69 Å². The number of para-hydroxylation sites is 1. The Morgan fingerprint density at radius 2 is 1.95 bits per heavy atom. The minimum atomic E-state index is -0.241. The lowest BCUT2D eigenvalue weighted by Crippen LogP contribution is -2.19. The molecule has 0 spiro atoms. The van der Waals surface area contributed by atoms with E-state index in [9.17, 15) is 4.39 Å². The molecule has 2 aromatic carbocycles. The van der Waals surface area contributed by atoms with Gasteiger partial charge in [0.15, 0.2) is 0 Å². The predicted octanol–water partition coefficient (Wildman–Crippen LogP) is 4.53. The van der Waals surface area contributed by atoms with E-state index in [-0.39, 0.29) is 11.9 Å². The molecule has 0 bridgehead atoms. The first-order chi connectivity index (χ1) is 10.0. The number of rotatable bonds is 5. The van der Waals surface area contributed by atoms with E-state index in [4.69, 9.17) is 17.3 Å². The topological polar surface area (TPSA) is 29.3 Å². The van der Waals surface area contributed by atoms with Crippen molar-refractivity contribution in [3.63, 3.8) is 0 Å². The first-order valence-electron chi connectivity index (χ1n) is 7.09. The zero-order chi connectivity index (χ0) is 15.4. The molecule has 0 amide bonds. The molecule has 21 heavy (non-hydrogen) atoms. The second-order valence-electron chi connectivity index (χ2n) is 5.15. The molecule has 0 aliphatic heterocycles. The predicted molar refractivity (Wildman–Crippen MR) is 87.9 cm³/mol. The van der Waals surface area contributed by atoms with Crippen LogP contribution in [0.5, 0.6) is 0 Å². The maximum absolute atomic E-state index is 14.0. The van der Waals surface area contributed by atoms with E-state index in [2.05, 4.69) is 0 Å². The van der Waals surface area contributed by atoms with Crippen LogP contribution in [0, 0.1) is 5.82 Å². The lowest BCUT2D eigenvalue weighted by Gasteiger charge is -2.24. The van der Waals surface area contributed by atoms with Crippen molar-refractivity contribution in [1.29, 1.82) is 0 Å². The average molecular weight is 307 g/mol. The molecule has 0 aromatic heterocycles. The van der Waals surface area contributed by atoms with Crippen LogP contribution in [0.3, 0.4) is 0 Å². The summed E-state index contributed by atoms with van der Waals surface area (Å²) in [5, 5.41) is 0.666. The normalized spacial score (nSPS) is 12.2. The van der Waals surface area contributed by atoms with Crippen molar-refractivity contribution in [3.8, 4) is 0 Å². The minimum Gasteiger partial charge on any atom is -0.339 e. The van der Waals surface area contributed by atoms with Crippen LogP contribution < -0.4 is 10.6 Å². The van der Waals surface area contributed by atoms with Crippen LogP contribution in [0.4, 0.5) is 15.8 Å². The van der Waals surface area contributed by atoms with E-state index in [0.29, 0.717) is 17.3 Å². The Labute approximate surface area is 130 Å². The van der Waals surface area contributed by atoms with Crippen molar-refractivity contribution >= 4 is 23.0 Å². The largest absolute Gasteiger partial charge is 0.339 e. The number of halogens is 2. The molecule has 0 radical (unpaired) electrons. The summed E-state index contributed by atoms with van der Waals surface area (Å²) in [5.41, 5.74) is 8.25. The fourth-order valence-corrected chi connectivity index (χ4v) is 2.63. The summed E-state index contributed by atoms with van der Waals surface area (Å²) in [4.78, 5) is 1.90. The SMILES string of the molecule is CCN(c1ccc(CC(C)N)c(Cl)c1)c1ccccc1F. The van der Waals surface area contributed by atoms with E-state index < -0.39 is 0 Å². The molecule has 2 aromatic rings. The Hall–Kier alpha value is -1.58. The molecule has 1 atom stereocenters. The van der Waals surface area contributed by atoms with Gasteiger partial charge in [-0.3, -0.25) is 0 Å². The van der Waals surface area contributed by atoms with E-state index >= 15 is 0 Å². The fraction of sp³-hybridized carbons (Fsp3) is 0.294. The van der Waals surface area contributed by atoms with Gasteiger partial charge < -0.3 is 10.6 Å². The van der Waals surface area contributed by atoms with E-state index in [0.717, 1.165) is 17.7 Å². The summed E-state index contributed by atoms with van der Waals surface area (Å²) >= 11 is 6.33. The average Bonchev–Trinajstić information content (AvgIpc) is 2.44. The molecule has 0 heterocycles. The summed E-state index contributed by atoms with van der Waals surface area (Å²) in [6.07, 6.45) is 0.727. The first-order valence-corrected chi connectivity index (χ1v) is 7.46. The highest BCUT2D eigenvalue weighted by atomic mass is 35.5. The molecule has 0 fully saturated rings. The summed E-state index contributed by atoms with van der Waals surface area (Å²) in [6.45, 7) is 4.59. The van der Waals surface area contributed by atoms with Gasteiger partial charge in [0, 0.05) is 23.3 Å². The molecule has 0 aliphatic rings. The third-order valence-corrected chi connectivity index (χ3v) is 3.70. The van der Waals surface area contributed by atoms with Crippen molar-refractivity contribution in [2.24, 2.45) is 5.73 Å². The van der Waals surface area contributed by atoms with Gasteiger partial charge in [-0.15, -0.1) is 0 Å². The van der Waals surface area contributed by atoms with E-state index in [1.807, 2.05) is 43.0 Å². The Morgan fingerprint density at radius 1 is 1.24 bits per heavy atom. The summed E-state index contributed by atoms with van der Waals surface area (Å²) < 4.78 is 14.0. The zero-order valence-corrected chi connectivity index (χ0v) is 13.1. The smallest absolute Gasteiger partial charge is 0.146 e. The van der Waals surface area contributed by atoms with Crippen LogP contribution in [-0.2, 0) is 6.42 Å². The number of anilines is 2. The Balaban J connectivity index is 2.36. The molecule has 112 valence electrons. The maximum Gasteiger partial charge on any atom is 0.146 e. The highest BCUT2D eigenvalue weighted by molar-refractivity contribution is 6.31. The van der Waals surface area contributed by atoms with Crippen LogP contribution in [-0.4, -0.2) is 12.6 Å². The Kier molecular flexibility index (Phi) is 5.21. The molecule has 0 saturated carbocycles. The lowest BCUT2D eigenvalue weighted by molar-refractivity contribution is 0.625. The van der Waals surface area contributed by atoms with Gasteiger partial charge in [-0.05, 0) is 50.1 Å². The van der Waals surface area contributed by atoms with Crippen molar-refractivity contribution in [1.82, 2.24) is 0 Å². The quantitative estimate of drug-likeness (QED) is 0.879. The van der Waals surface area contributed by atoms with Crippen molar-refractivity contribution in [2.45, 2.75) is 26.3 Å². The van der Waals surface area contributed by atoms with Gasteiger partial charge in [0.25, 0.3) is 0 Å². The highest BCUT2D eigenvalue weighted by Crippen LogP contribution is 2.31. The number of benzene rings is 2. The fourth-order valence-electron chi connectivity index (χ4n) is 2.38. The standard InChI is InChI=1S/C17H20ClFN2/c1-3-21(17-7-5-4-6-16(17)19)14-9-8-13(10-12(2)20)15(18)11-14/h4-9,11-12H,3,10,20H2,1-2H3. The third kappa shape index (κ3) is 3.74. The lowest BCUT2D eigenvalue weighted by atomic mass is 10.1. The molecule has 2 N–H and O–H groups in total. The molecule has 2 rings (SSSR count). The summed E-state index contributed by atoms with van der Waals surface area (Å²) in [5.74, 6) is -0.241. The van der Waals surface area contributed by atoms with Crippen molar-refractivity contribution in [2.75, 3.05) is 11.4 Å². The highest BCUT2D eigenvalue weighted by Gasteiger charge is 2.13. The van der Waals surface area contributed by atoms with Gasteiger partial charge in [-0.1, -0.05) is 29.8 Å². The first kappa shape index (κ1) is 15.8. The molecular formula is C17H20ClFN2. The van der Waals surface area contributed by atoms with Crippen LogP contribution in [0.15, 0.2) is 42.5 Å². The number of nitrogens with zero attached hydrogens (tertiary/aromatic N) is 1. The summed E-state index contributed by atoms with van der Waals surface area (Å²) in [6, 6.07) is 12.6. The van der Waals surface area contributed by atoms with Gasteiger partial charge in [0.1, 0.15) is 5.82 Å². The molecule has 4 heteroatoms. The van der Waals surface area contributed by atoms with E-state index in [1.54, 1.807) is 12.1 Å². The summed E-state index contributed by atoms with van der Waals surface area (Å²) in [7, 11) is 0. The second kappa shape index (κ2) is 6.92. The number of nitrogens with two attached hydrogens (primary N) is 1. The Bertz CT molecular complexity index is 613. The third-order valence-electron chi connectivity index (χ3n) is 3.35. The Morgan fingerprint density at radius 3 is 2.52 bits per heavy atom. The van der Waals surface area contributed by atoms with Gasteiger partial charge >= 0.3 is 0 Å².